The number of benzene rings is 1. The Morgan fingerprint density at radius 2 is 2.14 bits per heavy atom. The Morgan fingerprint density at radius 3 is 2.77 bits per heavy atom. The van der Waals surface area contributed by atoms with Crippen molar-refractivity contribution < 1.29 is 19.4 Å². The van der Waals surface area contributed by atoms with E-state index < -0.39 is 5.60 Å². The molecule has 0 bridgehead atoms. The number of hydrogen-bond donors (Lipinski definition) is 1. The number of allylic oxidation sites excluding steroid dienone is 2. The number of rotatable bonds is 2. The van der Waals surface area contributed by atoms with Crippen molar-refractivity contribution in [3.8, 4) is 11.8 Å². The predicted octanol–water partition coefficient (Wildman–Crippen LogP) is 3.22. The maximum Gasteiger partial charge on any atom is 0.179 e. The van der Waals surface area contributed by atoms with Crippen LogP contribution in [-0.4, -0.2) is 16.5 Å². The van der Waals surface area contributed by atoms with E-state index in [1.54, 1.807) is 32.0 Å². The number of carbonyl (C=O) groups is 1. The van der Waals surface area contributed by atoms with Crippen molar-refractivity contribution in [3.63, 3.8) is 0 Å². The standard InChI is InChI=1S/C17H15NO4/c1-17(2)16(20)15(21-12-5-4-11(19)8-12)13-7-10(9-18)3-6-14(13)22-17/h3,6-8,20H,4-5H2,1-2H3. The van der Waals surface area contributed by atoms with Gasteiger partial charge in [-0.15, -0.1) is 0 Å². The van der Waals surface area contributed by atoms with Crippen molar-refractivity contribution in [3.05, 3.63) is 46.9 Å². The summed E-state index contributed by atoms with van der Waals surface area (Å²) in [5.41, 5.74) is 0.00296. The van der Waals surface area contributed by atoms with Gasteiger partial charge in [0, 0.05) is 18.9 Å². The molecular formula is C17H15NO4. The molecule has 112 valence electrons. The zero-order valence-electron chi connectivity index (χ0n) is 12.3. The molecule has 1 aromatic carbocycles. The first kappa shape index (κ1) is 14.2. The van der Waals surface area contributed by atoms with Crippen LogP contribution < -0.4 is 4.74 Å². The van der Waals surface area contributed by atoms with Crippen molar-refractivity contribution in [2.45, 2.75) is 32.3 Å². The molecule has 0 saturated carbocycles. The lowest BCUT2D eigenvalue weighted by Gasteiger charge is -2.33. The summed E-state index contributed by atoms with van der Waals surface area (Å²) in [5, 5.41) is 19.5. The van der Waals surface area contributed by atoms with Crippen molar-refractivity contribution in [2.24, 2.45) is 0 Å². The van der Waals surface area contributed by atoms with E-state index in [-0.39, 0.29) is 17.3 Å². The van der Waals surface area contributed by atoms with E-state index in [0.717, 1.165) is 0 Å². The normalized spacial score (nSPS) is 19.1. The second-order valence-electron chi connectivity index (χ2n) is 5.79. The Morgan fingerprint density at radius 1 is 1.36 bits per heavy atom. The van der Waals surface area contributed by atoms with Gasteiger partial charge in [-0.1, -0.05) is 0 Å². The third-order valence-corrected chi connectivity index (χ3v) is 3.68. The molecule has 0 fully saturated rings. The van der Waals surface area contributed by atoms with Gasteiger partial charge in [0.2, 0.25) is 0 Å². The van der Waals surface area contributed by atoms with Gasteiger partial charge in [0.1, 0.15) is 11.5 Å². The fraction of sp³-hybridized carbons (Fsp3) is 0.294. The largest absolute Gasteiger partial charge is 0.505 e. The van der Waals surface area contributed by atoms with Gasteiger partial charge in [-0.25, -0.2) is 0 Å². The highest BCUT2D eigenvalue weighted by Gasteiger charge is 2.37. The number of hydrogen-bond acceptors (Lipinski definition) is 5. The van der Waals surface area contributed by atoms with Crippen LogP contribution in [0.4, 0.5) is 0 Å². The maximum atomic E-state index is 11.3. The lowest BCUT2D eigenvalue weighted by Crippen LogP contribution is -2.35. The van der Waals surface area contributed by atoms with Crippen LogP contribution in [0, 0.1) is 11.3 Å². The molecule has 1 N–H and O–H groups in total. The highest BCUT2D eigenvalue weighted by atomic mass is 16.5. The fourth-order valence-corrected chi connectivity index (χ4v) is 2.48. The highest BCUT2D eigenvalue weighted by molar-refractivity contribution is 5.92. The predicted molar refractivity (Wildman–Crippen MR) is 78.8 cm³/mol. The molecule has 3 rings (SSSR count). The first-order valence-corrected chi connectivity index (χ1v) is 6.99. The average Bonchev–Trinajstić information content (AvgIpc) is 2.88. The molecule has 1 heterocycles. The van der Waals surface area contributed by atoms with Gasteiger partial charge in [-0.2, -0.15) is 5.26 Å². The molecule has 0 spiro atoms. The minimum atomic E-state index is -0.945. The topological polar surface area (TPSA) is 79.5 Å². The third kappa shape index (κ3) is 2.33. The van der Waals surface area contributed by atoms with Gasteiger partial charge in [-0.05, 0) is 32.0 Å². The molecule has 0 unspecified atom stereocenters. The zero-order valence-corrected chi connectivity index (χ0v) is 12.3. The van der Waals surface area contributed by atoms with E-state index in [1.807, 2.05) is 6.07 Å². The van der Waals surface area contributed by atoms with Crippen molar-refractivity contribution in [2.75, 3.05) is 0 Å². The number of fused-ring (bicyclic) bond motifs is 1. The molecule has 0 radical (unpaired) electrons. The lowest BCUT2D eigenvalue weighted by atomic mass is 9.97. The zero-order chi connectivity index (χ0) is 15.9. The summed E-state index contributed by atoms with van der Waals surface area (Å²) in [6.45, 7) is 3.45. The summed E-state index contributed by atoms with van der Waals surface area (Å²) in [4.78, 5) is 11.3. The van der Waals surface area contributed by atoms with Crippen LogP contribution in [0.5, 0.6) is 5.75 Å². The molecule has 22 heavy (non-hydrogen) atoms. The molecule has 0 saturated heterocycles. The van der Waals surface area contributed by atoms with E-state index in [4.69, 9.17) is 14.7 Å². The third-order valence-electron chi connectivity index (χ3n) is 3.68. The second kappa shape index (κ2) is 4.92. The Labute approximate surface area is 128 Å². The summed E-state index contributed by atoms with van der Waals surface area (Å²) in [6, 6.07) is 6.98. The first-order chi connectivity index (χ1) is 10.4. The number of aliphatic hydroxyl groups is 1. The Bertz CT molecular complexity index is 765. The second-order valence-corrected chi connectivity index (χ2v) is 5.79. The molecule has 5 nitrogen and oxygen atoms in total. The Kier molecular flexibility index (Phi) is 3.18. The minimum Gasteiger partial charge on any atom is -0.505 e. The minimum absolute atomic E-state index is 0.00686. The molecular weight excluding hydrogens is 282 g/mol. The summed E-state index contributed by atoms with van der Waals surface area (Å²) in [7, 11) is 0. The van der Waals surface area contributed by atoms with Crippen LogP contribution in [-0.2, 0) is 9.53 Å². The quantitative estimate of drug-likeness (QED) is 0.906. The van der Waals surface area contributed by atoms with Gasteiger partial charge in [-0.3, -0.25) is 4.79 Å². The van der Waals surface area contributed by atoms with E-state index in [2.05, 4.69) is 0 Å². The molecule has 0 amide bonds. The van der Waals surface area contributed by atoms with E-state index in [0.29, 0.717) is 35.5 Å². The molecule has 1 aliphatic heterocycles. The van der Waals surface area contributed by atoms with E-state index in [1.165, 1.54) is 6.08 Å². The molecule has 2 aliphatic rings. The van der Waals surface area contributed by atoms with Crippen molar-refractivity contribution in [1.82, 2.24) is 0 Å². The average molecular weight is 297 g/mol. The fourth-order valence-electron chi connectivity index (χ4n) is 2.48. The van der Waals surface area contributed by atoms with E-state index in [9.17, 15) is 9.90 Å². The SMILES string of the molecule is CC1(C)Oc2ccc(C#N)cc2C(OC2=CC(=O)CC2)=C1O. The Balaban J connectivity index is 2.10. The number of ketones is 1. The number of ether oxygens (including phenoxy) is 2. The van der Waals surface area contributed by atoms with Crippen LogP contribution in [0.25, 0.3) is 5.76 Å². The van der Waals surface area contributed by atoms with E-state index >= 15 is 0 Å². The maximum absolute atomic E-state index is 11.3. The van der Waals surface area contributed by atoms with Gasteiger partial charge in [0.25, 0.3) is 0 Å². The van der Waals surface area contributed by atoms with Crippen LogP contribution >= 0.6 is 0 Å². The molecule has 1 aromatic rings. The Hall–Kier alpha value is -2.74. The monoisotopic (exact) mass is 297 g/mol. The summed E-state index contributed by atoms with van der Waals surface area (Å²) in [5.74, 6) is 1.23. The van der Waals surface area contributed by atoms with Crippen LogP contribution in [0.1, 0.15) is 37.8 Å². The number of carbonyl (C=O) groups excluding carboxylic acids is 1. The number of aliphatic hydroxyl groups excluding tert-OH is 1. The highest BCUT2D eigenvalue weighted by Crippen LogP contribution is 2.42. The van der Waals surface area contributed by atoms with Gasteiger partial charge in [0.15, 0.2) is 22.9 Å². The summed E-state index contributed by atoms with van der Waals surface area (Å²) < 4.78 is 11.5. The van der Waals surface area contributed by atoms with Gasteiger partial charge >= 0.3 is 0 Å². The molecule has 1 aliphatic carbocycles. The van der Waals surface area contributed by atoms with Gasteiger partial charge in [0.05, 0.1) is 17.2 Å². The first-order valence-electron chi connectivity index (χ1n) is 6.99. The smallest absolute Gasteiger partial charge is 0.179 e. The number of nitriles is 1. The van der Waals surface area contributed by atoms with Crippen LogP contribution in [0.2, 0.25) is 0 Å². The van der Waals surface area contributed by atoms with Crippen LogP contribution in [0.3, 0.4) is 0 Å². The van der Waals surface area contributed by atoms with Crippen LogP contribution in [0.15, 0.2) is 35.8 Å². The number of nitrogens with zero attached hydrogens (tertiary/aromatic N) is 1. The lowest BCUT2D eigenvalue weighted by molar-refractivity contribution is -0.114. The van der Waals surface area contributed by atoms with Crippen molar-refractivity contribution >= 4 is 11.5 Å². The molecule has 0 atom stereocenters. The summed E-state index contributed by atoms with van der Waals surface area (Å²) in [6.07, 6.45) is 2.36. The van der Waals surface area contributed by atoms with Crippen molar-refractivity contribution in [1.29, 1.82) is 5.26 Å². The summed E-state index contributed by atoms with van der Waals surface area (Å²) >= 11 is 0. The molecule has 0 aromatic heterocycles. The van der Waals surface area contributed by atoms with Gasteiger partial charge < -0.3 is 14.6 Å². The molecule has 5 heteroatoms.